The molecule has 0 spiro atoms. The van der Waals surface area contributed by atoms with E-state index in [1.165, 1.54) is 12.1 Å². The summed E-state index contributed by atoms with van der Waals surface area (Å²) in [5.41, 5.74) is 0.719. The second-order valence-electron chi connectivity index (χ2n) is 4.76. The normalized spacial score (nSPS) is 11.8. The van der Waals surface area contributed by atoms with Crippen molar-refractivity contribution in [1.82, 2.24) is 10.0 Å². The Morgan fingerprint density at radius 2 is 1.81 bits per heavy atom. The second-order valence-corrected chi connectivity index (χ2v) is 7.31. The molecular weight excluding hydrogens is 331 g/mol. The molecule has 0 radical (unpaired) electrons. The van der Waals surface area contributed by atoms with E-state index in [4.69, 9.17) is 23.2 Å². The SMILES string of the molecule is CCCCCNS(=O)(=O)c1cc(CNCC)c(Cl)cc1Cl. The maximum absolute atomic E-state index is 12.3. The minimum Gasteiger partial charge on any atom is -0.313 e. The quantitative estimate of drug-likeness (QED) is 0.668. The smallest absolute Gasteiger partial charge is 0.242 e. The van der Waals surface area contributed by atoms with Crippen LogP contribution in [-0.4, -0.2) is 21.5 Å². The van der Waals surface area contributed by atoms with Gasteiger partial charge in [-0.25, -0.2) is 13.1 Å². The lowest BCUT2D eigenvalue weighted by Gasteiger charge is -2.12. The van der Waals surface area contributed by atoms with Crippen molar-refractivity contribution >= 4 is 33.2 Å². The highest BCUT2D eigenvalue weighted by Gasteiger charge is 2.19. The molecule has 120 valence electrons. The molecular formula is C14H22Cl2N2O2S. The van der Waals surface area contributed by atoms with Crippen molar-refractivity contribution in [1.29, 1.82) is 0 Å². The minimum absolute atomic E-state index is 0.0815. The number of hydrogen-bond acceptors (Lipinski definition) is 3. The summed E-state index contributed by atoms with van der Waals surface area (Å²) in [5.74, 6) is 0. The Hall–Kier alpha value is -0.330. The first kappa shape index (κ1) is 18.7. The van der Waals surface area contributed by atoms with Gasteiger partial charge in [0.1, 0.15) is 4.90 Å². The lowest BCUT2D eigenvalue weighted by molar-refractivity contribution is 0.576. The van der Waals surface area contributed by atoms with Crippen LogP contribution in [0.1, 0.15) is 38.7 Å². The summed E-state index contributed by atoms with van der Waals surface area (Å²) in [6.45, 7) is 5.73. The van der Waals surface area contributed by atoms with E-state index < -0.39 is 10.0 Å². The van der Waals surface area contributed by atoms with Crippen molar-refractivity contribution in [2.45, 2.75) is 44.6 Å². The largest absolute Gasteiger partial charge is 0.313 e. The number of benzene rings is 1. The first-order valence-corrected chi connectivity index (χ1v) is 9.34. The zero-order chi connectivity index (χ0) is 15.9. The van der Waals surface area contributed by atoms with Gasteiger partial charge in [0.25, 0.3) is 0 Å². The van der Waals surface area contributed by atoms with Crippen LogP contribution in [0.25, 0.3) is 0 Å². The number of rotatable bonds is 9. The molecule has 0 atom stereocenters. The summed E-state index contributed by atoms with van der Waals surface area (Å²) in [4.78, 5) is 0.0815. The number of halogens is 2. The molecule has 0 saturated carbocycles. The zero-order valence-electron chi connectivity index (χ0n) is 12.4. The fraction of sp³-hybridized carbons (Fsp3) is 0.571. The average molecular weight is 353 g/mol. The number of sulfonamides is 1. The zero-order valence-corrected chi connectivity index (χ0v) is 14.7. The third-order valence-electron chi connectivity index (χ3n) is 3.03. The molecule has 0 aliphatic rings. The molecule has 0 aliphatic carbocycles. The van der Waals surface area contributed by atoms with E-state index in [0.29, 0.717) is 18.1 Å². The first-order chi connectivity index (χ1) is 9.92. The molecule has 0 unspecified atom stereocenters. The van der Waals surface area contributed by atoms with Gasteiger partial charge in [-0.2, -0.15) is 0 Å². The summed E-state index contributed by atoms with van der Waals surface area (Å²) in [6, 6.07) is 3.02. The van der Waals surface area contributed by atoms with Gasteiger partial charge in [0.2, 0.25) is 10.0 Å². The molecule has 0 saturated heterocycles. The van der Waals surface area contributed by atoms with Gasteiger partial charge in [0, 0.05) is 18.1 Å². The maximum Gasteiger partial charge on any atom is 0.242 e. The molecule has 1 aromatic rings. The highest BCUT2D eigenvalue weighted by atomic mass is 35.5. The van der Waals surface area contributed by atoms with Gasteiger partial charge >= 0.3 is 0 Å². The second kappa shape index (κ2) is 8.96. The fourth-order valence-corrected chi connectivity index (χ4v) is 3.77. The average Bonchev–Trinajstić information content (AvgIpc) is 2.42. The van der Waals surface area contributed by atoms with Crippen LogP contribution in [0.15, 0.2) is 17.0 Å². The molecule has 0 amide bonds. The van der Waals surface area contributed by atoms with Crippen molar-refractivity contribution in [3.63, 3.8) is 0 Å². The minimum atomic E-state index is -3.60. The van der Waals surface area contributed by atoms with E-state index in [0.717, 1.165) is 31.4 Å². The molecule has 1 rings (SSSR count). The van der Waals surface area contributed by atoms with Crippen molar-refractivity contribution < 1.29 is 8.42 Å². The molecule has 4 nitrogen and oxygen atoms in total. The summed E-state index contributed by atoms with van der Waals surface area (Å²) >= 11 is 12.1. The van der Waals surface area contributed by atoms with Crippen LogP contribution >= 0.6 is 23.2 Å². The van der Waals surface area contributed by atoms with Crippen molar-refractivity contribution in [3.05, 3.63) is 27.7 Å². The third kappa shape index (κ3) is 5.75. The van der Waals surface area contributed by atoms with Gasteiger partial charge < -0.3 is 5.32 Å². The summed E-state index contributed by atoms with van der Waals surface area (Å²) < 4.78 is 27.2. The van der Waals surface area contributed by atoms with Crippen LogP contribution in [-0.2, 0) is 16.6 Å². The van der Waals surface area contributed by atoms with Crippen LogP contribution < -0.4 is 10.0 Å². The van der Waals surface area contributed by atoms with Gasteiger partial charge in [-0.05, 0) is 30.7 Å². The summed E-state index contributed by atoms with van der Waals surface area (Å²) in [6.07, 6.45) is 2.84. The molecule has 0 bridgehead atoms. The molecule has 0 heterocycles. The Kier molecular flexibility index (Phi) is 7.98. The molecule has 21 heavy (non-hydrogen) atoms. The topological polar surface area (TPSA) is 58.2 Å². The summed E-state index contributed by atoms with van der Waals surface area (Å²) in [5, 5.41) is 3.73. The van der Waals surface area contributed by atoms with Crippen LogP contribution in [0, 0.1) is 0 Å². The predicted molar refractivity (Wildman–Crippen MR) is 88.6 cm³/mol. The van der Waals surface area contributed by atoms with E-state index in [1.807, 2.05) is 6.92 Å². The first-order valence-electron chi connectivity index (χ1n) is 7.10. The highest BCUT2D eigenvalue weighted by molar-refractivity contribution is 7.89. The molecule has 7 heteroatoms. The lowest BCUT2D eigenvalue weighted by atomic mass is 10.2. The van der Waals surface area contributed by atoms with E-state index >= 15 is 0 Å². The van der Waals surface area contributed by atoms with Crippen molar-refractivity contribution in [2.24, 2.45) is 0 Å². The molecule has 2 N–H and O–H groups in total. The summed E-state index contributed by atoms with van der Waals surface area (Å²) in [7, 11) is -3.60. The van der Waals surface area contributed by atoms with Crippen molar-refractivity contribution in [2.75, 3.05) is 13.1 Å². The highest BCUT2D eigenvalue weighted by Crippen LogP contribution is 2.28. The Labute approximate surface area is 137 Å². The van der Waals surface area contributed by atoms with E-state index in [-0.39, 0.29) is 9.92 Å². The Bertz CT molecular complexity index is 562. The molecule has 0 aromatic heterocycles. The monoisotopic (exact) mass is 352 g/mol. The van der Waals surface area contributed by atoms with Crippen LogP contribution in [0.4, 0.5) is 0 Å². The van der Waals surface area contributed by atoms with Crippen molar-refractivity contribution in [3.8, 4) is 0 Å². The van der Waals surface area contributed by atoms with Crippen LogP contribution in [0.5, 0.6) is 0 Å². The number of unbranched alkanes of at least 4 members (excludes halogenated alkanes) is 2. The van der Waals surface area contributed by atoms with E-state index in [1.54, 1.807) is 0 Å². The predicted octanol–water partition coefficient (Wildman–Crippen LogP) is 3.57. The van der Waals surface area contributed by atoms with E-state index in [9.17, 15) is 8.42 Å². The molecule has 0 fully saturated rings. The van der Waals surface area contributed by atoms with Gasteiger partial charge in [-0.1, -0.05) is 49.9 Å². The van der Waals surface area contributed by atoms with Crippen LogP contribution in [0.3, 0.4) is 0 Å². The molecule has 0 aliphatic heterocycles. The Balaban J connectivity index is 2.94. The number of nitrogens with one attached hydrogen (secondary N) is 2. The Morgan fingerprint density at radius 3 is 2.43 bits per heavy atom. The fourth-order valence-electron chi connectivity index (χ4n) is 1.83. The van der Waals surface area contributed by atoms with Crippen LogP contribution in [0.2, 0.25) is 10.0 Å². The van der Waals surface area contributed by atoms with Gasteiger partial charge in [0.15, 0.2) is 0 Å². The van der Waals surface area contributed by atoms with Gasteiger partial charge in [0.05, 0.1) is 5.02 Å². The standard InChI is InChI=1S/C14H22Cl2N2O2S/c1-3-5-6-7-18-21(19,20)14-8-11(10-17-4-2)12(15)9-13(14)16/h8-9,17-18H,3-7,10H2,1-2H3. The van der Waals surface area contributed by atoms with Gasteiger partial charge in [-0.3, -0.25) is 0 Å². The van der Waals surface area contributed by atoms with E-state index in [2.05, 4.69) is 17.0 Å². The Morgan fingerprint density at radius 1 is 1.10 bits per heavy atom. The van der Waals surface area contributed by atoms with Gasteiger partial charge in [-0.15, -0.1) is 0 Å². The lowest BCUT2D eigenvalue weighted by Crippen LogP contribution is -2.25. The maximum atomic E-state index is 12.3. The molecule has 1 aromatic carbocycles. The third-order valence-corrected chi connectivity index (χ3v) is 5.31. The number of hydrogen-bond donors (Lipinski definition) is 2.